The van der Waals surface area contributed by atoms with E-state index >= 15 is 0 Å². The van der Waals surface area contributed by atoms with Crippen molar-refractivity contribution >= 4 is 23.1 Å². The highest BCUT2D eigenvalue weighted by Crippen LogP contribution is 2.25. The lowest BCUT2D eigenvalue weighted by molar-refractivity contribution is 0.102. The van der Waals surface area contributed by atoms with Gasteiger partial charge in [0.05, 0.1) is 24.6 Å². The molecule has 3 aromatic rings. The maximum atomic E-state index is 12.5. The van der Waals surface area contributed by atoms with Crippen molar-refractivity contribution in [3.63, 3.8) is 0 Å². The fraction of sp³-hybridized carbons (Fsp3) is 0.182. The van der Waals surface area contributed by atoms with Crippen LogP contribution in [0.15, 0.2) is 66.9 Å². The van der Waals surface area contributed by atoms with Gasteiger partial charge in [0, 0.05) is 12.2 Å². The minimum Gasteiger partial charge on any atom is -0.496 e. The van der Waals surface area contributed by atoms with Crippen molar-refractivity contribution in [1.29, 1.82) is 0 Å². The van der Waals surface area contributed by atoms with Gasteiger partial charge in [-0.3, -0.25) is 4.79 Å². The van der Waals surface area contributed by atoms with Crippen molar-refractivity contribution in [1.82, 2.24) is 4.98 Å². The molecule has 1 heterocycles. The number of methoxy groups -OCH3 is 1. The summed E-state index contributed by atoms with van der Waals surface area (Å²) in [6.45, 7) is 4.95. The summed E-state index contributed by atoms with van der Waals surface area (Å²) in [6, 6.07) is 19.2. The lowest BCUT2D eigenvalue weighted by Crippen LogP contribution is -2.18. The number of ether oxygens (including phenoxy) is 1. The van der Waals surface area contributed by atoms with Crippen LogP contribution >= 0.6 is 0 Å². The number of carbonyl (C=O) groups excluding carboxylic acids is 1. The molecule has 0 unspecified atom stereocenters. The zero-order valence-corrected chi connectivity index (χ0v) is 15.8. The van der Waals surface area contributed by atoms with Crippen LogP contribution < -0.4 is 15.0 Å². The number of aromatic nitrogens is 1. The quantitative estimate of drug-likeness (QED) is 0.685. The highest BCUT2D eigenvalue weighted by Gasteiger charge is 2.13. The lowest BCUT2D eigenvalue weighted by Gasteiger charge is -2.22. The molecule has 3 rings (SSSR count). The van der Waals surface area contributed by atoms with E-state index in [1.165, 1.54) is 5.56 Å². The van der Waals surface area contributed by atoms with Crippen molar-refractivity contribution in [2.75, 3.05) is 23.9 Å². The monoisotopic (exact) mass is 361 g/mol. The zero-order chi connectivity index (χ0) is 19.2. The van der Waals surface area contributed by atoms with E-state index in [1.54, 1.807) is 31.5 Å². The molecule has 0 saturated heterocycles. The molecule has 1 aromatic heterocycles. The van der Waals surface area contributed by atoms with E-state index in [9.17, 15) is 4.79 Å². The van der Waals surface area contributed by atoms with Crippen LogP contribution in [0.1, 0.15) is 22.8 Å². The Balaban J connectivity index is 1.77. The van der Waals surface area contributed by atoms with Gasteiger partial charge in [-0.25, -0.2) is 4.98 Å². The molecule has 1 amide bonds. The molecule has 0 saturated carbocycles. The summed E-state index contributed by atoms with van der Waals surface area (Å²) in [5.41, 5.74) is 3.41. The van der Waals surface area contributed by atoms with E-state index in [1.807, 2.05) is 24.3 Å². The second-order valence-corrected chi connectivity index (χ2v) is 6.14. The smallest absolute Gasteiger partial charge is 0.259 e. The molecule has 27 heavy (non-hydrogen) atoms. The number of amides is 1. The van der Waals surface area contributed by atoms with E-state index in [0.717, 1.165) is 18.1 Å². The third-order valence-electron chi connectivity index (χ3n) is 4.26. The Morgan fingerprint density at radius 3 is 2.59 bits per heavy atom. The average Bonchev–Trinajstić information content (AvgIpc) is 2.70. The van der Waals surface area contributed by atoms with Gasteiger partial charge in [0.1, 0.15) is 11.6 Å². The number of pyridine rings is 1. The first-order valence-corrected chi connectivity index (χ1v) is 8.87. The van der Waals surface area contributed by atoms with E-state index in [-0.39, 0.29) is 5.91 Å². The van der Waals surface area contributed by atoms with Gasteiger partial charge in [0.2, 0.25) is 0 Å². The fourth-order valence-corrected chi connectivity index (χ4v) is 2.92. The van der Waals surface area contributed by atoms with E-state index in [2.05, 4.69) is 47.2 Å². The third kappa shape index (κ3) is 4.26. The summed E-state index contributed by atoms with van der Waals surface area (Å²) in [6.07, 6.45) is 1.67. The summed E-state index contributed by atoms with van der Waals surface area (Å²) >= 11 is 0. The van der Waals surface area contributed by atoms with Crippen LogP contribution in [0.5, 0.6) is 5.75 Å². The number of rotatable bonds is 6. The maximum Gasteiger partial charge on any atom is 0.259 e. The molecule has 0 aliphatic heterocycles. The summed E-state index contributed by atoms with van der Waals surface area (Å²) < 4.78 is 5.24. The molecule has 5 nitrogen and oxygen atoms in total. The summed E-state index contributed by atoms with van der Waals surface area (Å²) in [7, 11) is 1.55. The molecular weight excluding hydrogens is 338 g/mol. The number of aryl methyl sites for hydroxylation is 1. The van der Waals surface area contributed by atoms with Gasteiger partial charge in [-0.2, -0.15) is 0 Å². The average molecular weight is 361 g/mol. The van der Waals surface area contributed by atoms with Gasteiger partial charge in [0.15, 0.2) is 0 Å². The number of hydrogen-bond acceptors (Lipinski definition) is 4. The number of para-hydroxylation sites is 1. The van der Waals surface area contributed by atoms with Crippen molar-refractivity contribution in [3.05, 3.63) is 78.0 Å². The summed E-state index contributed by atoms with van der Waals surface area (Å²) in [4.78, 5) is 19.1. The lowest BCUT2D eigenvalue weighted by atomic mass is 10.2. The highest BCUT2D eigenvalue weighted by atomic mass is 16.5. The molecule has 138 valence electrons. The second kappa shape index (κ2) is 8.36. The first kappa shape index (κ1) is 18.5. The summed E-state index contributed by atoms with van der Waals surface area (Å²) in [5.74, 6) is 1.14. The first-order valence-electron chi connectivity index (χ1n) is 8.87. The third-order valence-corrected chi connectivity index (χ3v) is 4.26. The van der Waals surface area contributed by atoms with Crippen LogP contribution in [-0.2, 0) is 0 Å². The maximum absolute atomic E-state index is 12.5. The van der Waals surface area contributed by atoms with Crippen molar-refractivity contribution in [3.8, 4) is 5.75 Å². The van der Waals surface area contributed by atoms with Gasteiger partial charge >= 0.3 is 0 Å². The minimum absolute atomic E-state index is 0.229. The van der Waals surface area contributed by atoms with Crippen LogP contribution in [0, 0.1) is 6.92 Å². The Morgan fingerprint density at radius 2 is 1.93 bits per heavy atom. The fourth-order valence-electron chi connectivity index (χ4n) is 2.92. The molecule has 0 fully saturated rings. The van der Waals surface area contributed by atoms with Crippen LogP contribution in [0.25, 0.3) is 0 Å². The van der Waals surface area contributed by atoms with Gasteiger partial charge in [0.25, 0.3) is 5.91 Å². The van der Waals surface area contributed by atoms with Crippen LogP contribution in [0.4, 0.5) is 17.2 Å². The molecule has 0 aliphatic carbocycles. The normalized spacial score (nSPS) is 10.3. The Kier molecular flexibility index (Phi) is 5.71. The predicted molar refractivity (Wildman–Crippen MR) is 109 cm³/mol. The molecule has 0 bridgehead atoms. The Labute approximate surface area is 159 Å². The number of nitrogens with zero attached hydrogens (tertiary/aromatic N) is 2. The van der Waals surface area contributed by atoms with Gasteiger partial charge < -0.3 is 15.0 Å². The van der Waals surface area contributed by atoms with Gasteiger partial charge in [-0.1, -0.05) is 24.3 Å². The molecule has 2 aromatic carbocycles. The predicted octanol–water partition coefficient (Wildman–Crippen LogP) is 4.81. The molecule has 0 radical (unpaired) electrons. The van der Waals surface area contributed by atoms with Gasteiger partial charge in [-0.15, -0.1) is 0 Å². The Hall–Kier alpha value is -3.34. The molecule has 0 aliphatic rings. The van der Waals surface area contributed by atoms with E-state index in [4.69, 9.17) is 4.74 Å². The molecule has 1 N–H and O–H groups in total. The number of anilines is 3. The van der Waals surface area contributed by atoms with Crippen LogP contribution in [-0.4, -0.2) is 24.5 Å². The van der Waals surface area contributed by atoms with Crippen LogP contribution in [0.2, 0.25) is 0 Å². The molecule has 0 atom stereocenters. The number of carbonyl (C=O) groups is 1. The SMILES string of the molecule is CCN(c1cccc(C)c1)c1ccc(NC(=O)c2ccccc2OC)cn1. The number of hydrogen-bond donors (Lipinski definition) is 1. The van der Waals surface area contributed by atoms with E-state index in [0.29, 0.717) is 17.0 Å². The zero-order valence-electron chi connectivity index (χ0n) is 15.8. The largest absolute Gasteiger partial charge is 0.496 e. The van der Waals surface area contributed by atoms with Crippen LogP contribution in [0.3, 0.4) is 0 Å². The molecular formula is C22H23N3O2. The van der Waals surface area contributed by atoms with Gasteiger partial charge in [-0.05, 0) is 55.8 Å². The first-order chi connectivity index (χ1) is 13.1. The number of nitrogens with one attached hydrogen (secondary N) is 1. The summed E-state index contributed by atoms with van der Waals surface area (Å²) in [5, 5.41) is 2.87. The standard InChI is InChI=1S/C22H23N3O2/c1-4-25(18-9-7-8-16(2)14-18)21-13-12-17(15-23-21)24-22(26)19-10-5-6-11-20(19)27-3/h5-15H,4H2,1-3H3,(H,24,26). The van der Waals surface area contributed by atoms with Crippen molar-refractivity contribution < 1.29 is 9.53 Å². The second-order valence-electron chi connectivity index (χ2n) is 6.14. The minimum atomic E-state index is -0.229. The Bertz CT molecular complexity index is 923. The Morgan fingerprint density at radius 1 is 1.11 bits per heavy atom. The number of benzene rings is 2. The van der Waals surface area contributed by atoms with E-state index < -0.39 is 0 Å². The molecule has 0 spiro atoms. The topological polar surface area (TPSA) is 54.5 Å². The highest BCUT2D eigenvalue weighted by molar-refractivity contribution is 6.06. The molecule has 5 heteroatoms. The van der Waals surface area contributed by atoms with Crippen molar-refractivity contribution in [2.24, 2.45) is 0 Å². The van der Waals surface area contributed by atoms with Crippen molar-refractivity contribution in [2.45, 2.75) is 13.8 Å².